The molecule has 1 aromatic rings. The number of hydrogen-bond acceptors (Lipinski definition) is 4. The molecule has 1 aromatic heterocycles. The third kappa shape index (κ3) is 2.94. The Kier molecular flexibility index (Phi) is 3.23. The largest absolute Gasteiger partial charge is 0.350 e. The Morgan fingerprint density at radius 1 is 1.42 bits per heavy atom. The zero-order valence-electron chi connectivity index (χ0n) is 10.8. The summed E-state index contributed by atoms with van der Waals surface area (Å²) >= 11 is 0. The van der Waals surface area contributed by atoms with Gasteiger partial charge in [-0.2, -0.15) is 0 Å². The van der Waals surface area contributed by atoms with Crippen molar-refractivity contribution in [3.8, 4) is 0 Å². The molecule has 2 heterocycles. The average molecular weight is 262 g/mol. The molecule has 102 valence electrons. The van der Waals surface area contributed by atoms with Gasteiger partial charge in [-0.25, -0.2) is 4.98 Å². The van der Waals surface area contributed by atoms with E-state index in [1.54, 1.807) is 0 Å². The van der Waals surface area contributed by atoms with E-state index in [2.05, 4.69) is 20.2 Å². The first-order valence-electron chi connectivity index (χ1n) is 6.85. The molecule has 0 radical (unpaired) electrons. The standard InChI is InChI=1S/C13H18N4O2/c18-11-7-10(8-14-12(19)9-3-4-9)15-13(16-11)17-5-1-2-6-17/h7,9H,1-6,8H2,(H,14,19)(H,15,16,18). The zero-order chi connectivity index (χ0) is 13.2. The van der Waals surface area contributed by atoms with Gasteiger partial charge in [-0.05, 0) is 25.7 Å². The number of amides is 1. The second kappa shape index (κ2) is 5.03. The number of hydrogen-bond donors (Lipinski definition) is 2. The van der Waals surface area contributed by atoms with Gasteiger partial charge in [0.25, 0.3) is 5.56 Å². The van der Waals surface area contributed by atoms with Crippen molar-refractivity contribution in [3.63, 3.8) is 0 Å². The number of H-pyrrole nitrogens is 1. The molecule has 6 heteroatoms. The molecule has 1 saturated carbocycles. The van der Waals surface area contributed by atoms with E-state index in [9.17, 15) is 9.59 Å². The van der Waals surface area contributed by atoms with Crippen LogP contribution in [0, 0.1) is 5.92 Å². The zero-order valence-corrected chi connectivity index (χ0v) is 10.8. The summed E-state index contributed by atoms with van der Waals surface area (Å²) in [6.45, 7) is 2.20. The lowest BCUT2D eigenvalue weighted by Gasteiger charge is -2.16. The predicted octanol–water partition coefficient (Wildman–Crippen LogP) is 0.396. The second-order valence-corrected chi connectivity index (χ2v) is 5.25. The van der Waals surface area contributed by atoms with Crippen LogP contribution >= 0.6 is 0 Å². The molecule has 19 heavy (non-hydrogen) atoms. The van der Waals surface area contributed by atoms with Crippen molar-refractivity contribution in [2.45, 2.75) is 32.2 Å². The maximum absolute atomic E-state index is 11.6. The number of anilines is 1. The van der Waals surface area contributed by atoms with E-state index in [0.29, 0.717) is 18.2 Å². The van der Waals surface area contributed by atoms with Crippen LogP contribution in [0.4, 0.5) is 5.95 Å². The Bertz CT molecular complexity index is 530. The van der Waals surface area contributed by atoms with Crippen LogP contribution in [0.15, 0.2) is 10.9 Å². The van der Waals surface area contributed by atoms with Crippen LogP contribution in [0.1, 0.15) is 31.4 Å². The summed E-state index contributed by atoms with van der Waals surface area (Å²) in [4.78, 5) is 32.5. The number of rotatable bonds is 4. The van der Waals surface area contributed by atoms with E-state index >= 15 is 0 Å². The summed E-state index contributed by atoms with van der Waals surface area (Å²) in [6.07, 6.45) is 4.22. The lowest BCUT2D eigenvalue weighted by Crippen LogP contribution is -2.28. The molecule has 3 rings (SSSR count). The van der Waals surface area contributed by atoms with Gasteiger partial charge in [0.05, 0.1) is 12.2 Å². The highest BCUT2D eigenvalue weighted by molar-refractivity contribution is 5.80. The monoisotopic (exact) mass is 262 g/mol. The number of aromatic nitrogens is 2. The minimum atomic E-state index is -0.160. The minimum absolute atomic E-state index is 0.0739. The molecular formula is C13H18N4O2. The highest BCUT2D eigenvalue weighted by Gasteiger charge is 2.29. The van der Waals surface area contributed by atoms with Gasteiger partial charge in [0, 0.05) is 25.1 Å². The van der Waals surface area contributed by atoms with Crippen molar-refractivity contribution < 1.29 is 4.79 Å². The van der Waals surface area contributed by atoms with E-state index in [-0.39, 0.29) is 17.4 Å². The van der Waals surface area contributed by atoms with Crippen molar-refractivity contribution in [3.05, 3.63) is 22.1 Å². The molecule has 1 amide bonds. The number of nitrogens with one attached hydrogen (secondary N) is 2. The summed E-state index contributed by atoms with van der Waals surface area (Å²) in [5, 5.41) is 2.83. The van der Waals surface area contributed by atoms with E-state index in [4.69, 9.17) is 0 Å². The SMILES string of the molecule is O=C(NCc1cc(=O)[nH]c(N2CCCC2)n1)C1CC1. The number of carbonyl (C=O) groups excluding carboxylic acids is 1. The van der Waals surface area contributed by atoms with Crippen LogP contribution in [0.5, 0.6) is 0 Å². The van der Waals surface area contributed by atoms with Gasteiger partial charge in [0.15, 0.2) is 0 Å². The first-order chi connectivity index (χ1) is 9.22. The summed E-state index contributed by atoms with van der Waals surface area (Å²) in [6, 6.07) is 1.45. The van der Waals surface area contributed by atoms with Crippen LogP contribution in [0.25, 0.3) is 0 Å². The molecule has 0 atom stereocenters. The van der Waals surface area contributed by atoms with Gasteiger partial charge in [-0.15, -0.1) is 0 Å². The Labute approximate surface area is 111 Å². The van der Waals surface area contributed by atoms with Gasteiger partial charge in [-0.1, -0.05) is 0 Å². The first-order valence-corrected chi connectivity index (χ1v) is 6.85. The smallest absolute Gasteiger partial charge is 0.252 e. The van der Waals surface area contributed by atoms with Crippen molar-refractivity contribution in [1.82, 2.24) is 15.3 Å². The molecule has 0 spiro atoms. The molecule has 2 N–H and O–H groups in total. The Hall–Kier alpha value is -1.85. The highest BCUT2D eigenvalue weighted by atomic mass is 16.2. The fraction of sp³-hybridized carbons (Fsp3) is 0.615. The normalized spacial score (nSPS) is 18.6. The van der Waals surface area contributed by atoms with Crippen LogP contribution in [0.2, 0.25) is 0 Å². The fourth-order valence-electron chi connectivity index (χ4n) is 2.33. The van der Waals surface area contributed by atoms with Crippen molar-refractivity contribution in [1.29, 1.82) is 0 Å². The van der Waals surface area contributed by atoms with Crippen LogP contribution in [-0.4, -0.2) is 29.0 Å². The molecule has 2 aliphatic rings. The molecule has 2 fully saturated rings. The molecule has 6 nitrogen and oxygen atoms in total. The fourth-order valence-corrected chi connectivity index (χ4v) is 2.33. The van der Waals surface area contributed by atoms with Gasteiger partial charge in [0.1, 0.15) is 0 Å². The quantitative estimate of drug-likeness (QED) is 0.823. The van der Waals surface area contributed by atoms with E-state index < -0.39 is 0 Å². The molecule has 1 aliphatic carbocycles. The van der Waals surface area contributed by atoms with E-state index in [1.165, 1.54) is 6.07 Å². The summed E-state index contributed by atoms with van der Waals surface area (Å²) in [7, 11) is 0. The number of carbonyl (C=O) groups is 1. The number of nitrogens with zero attached hydrogens (tertiary/aromatic N) is 2. The molecule has 1 aliphatic heterocycles. The predicted molar refractivity (Wildman–Crippen MR) is 70.9 cm³/mol. The van der Waals surface area contributed by atoms with Crippen molar-refractivity contribution in [2.75, 3.05) is 18.0 Å². The van der Waals surface area contributed by atoms with Gasteiger partial charge in [0.2, 0.25) is 11.9 Å². The number of aromatic amines is 1. The minimum Gasteiger partial charge on any atom is -0.350 e. The van der Waals surface area contributed by atoms with Gasteiger partial charge in [-0.3, -0.25) is 14.6 Å². The maximum atomic E-state index is 11.6. The Balaban J connectivity index is 1.69. The summed E-state index contributed by atoms with van der Waals surface area (Å²) < 4.78 is 0. The van der Waals surface area contributed by atoms with Crippen molar-refractivity contribution >= 4 is 11.9 Å². The summed E-state index contributed by atoms with van der Waals surface area (Å²) in [5.74, 6) is 0.880. The van der Waals surface area contributed by atoms with Gasteiger partial charge < -0.3 is 10.2 Å². The van der Waals surface area contributed by atoms with E-state index in [1.807, 2.05) is 0 Å². The molecule has 0 bridgehead atoms. The highest BCUT2D eigenvalue weighted by Crippen LogP contribution is 2.28. The third-order valence-electron chi connectivity index (χ3n) is 3.58. The lowest BCUT2D eigenvalue weighted by atomic mass is 10.3. The van der Waals surface area contributed by atoms with Gasteiger partial charge >= 0.3 is 0 Å². The maximum Gasteiger partial charge on any atom is 0.252 e. The molecule has 0 aromatic carbocycles. The van der Waals surface area contributed by atoms with Crippen LogP contribution in [-0.2, 0) is 11.3 Å². The Morgan fingerprint density at radius 2 is 2.16 bits per heavy atom. The van der Waals surface area contributed by atoms with Crippen LogP contribution < -0.4 is 15.8 Å². The topological polar surface area (TPSA) is 78.1 Å². The summed E-state index contributed by atoms with van der Waals surface area (Å²) in [5.41, 5.74) is 0.465. The molecule has 0 unspecified atom stereocenters. The third-order valence-corrected chi connectivity index (χ3v) is 3.58. The second-order valence-electron chi connectivity index (χ2n) is 5.25. The van der Waals surface area contributed by atoms with Crippen molar-refractivity contribution in [2.24, 2.45) is 5.92 Å². The average Bonchev–Trinajstić information content (AvgIpc) is 3.10. The molecular weight excluding hydrogens is 244 g/mol. The van der Waals surface area contributed by atoms with Crippen LogP contribution in [0.3, 0.4) is 0 Å². The van der Waals surface area contributed by atoms with E-state index in [0.717, 1.165) is 38.8 Å². The lowest BCUT2D eigenvalue weighted by molar-refractivity contribution is -0.122. The first kappa shape index (κ1) is 12.2. The Morgan fingerprint density at radius 3 is 2.84 bits per heavy atom. The molecule has 1 saturated heterocycles.